The number of anilines is 1. The number of fused-ring (bicyclic) bond motifs is 1. The van der Waals surface area contributed by atoms with Crippen LogP contribution in [0.2, 0.25) is 0 Å². The van der Waals surface area contributed by atoms with Crippen LogP contribution >= 0.6 is 0 Å². The van der Waals surface area contributed by atoms with Gasteiger partial charge in [0, 0.05) is 42.5 Å². The second-order valence-corrected chi connectivity index (χ2v) is 6.23. The number of H-pyrrole nitrogens is 1. The summed E-state index contributed by atoms with van der Waals surface area (Å²) in [5.41, 5.74) is 0.773. The minimum Gasteiger partial charge on any atom is -0.406 e. The molecule has 9 heteroatoms. The van der Waals surface area contributed by atoms with Crippen molar-refractivity contribution >= 4 is 16.6 Å². The molecule has 6 nitrogen and oxygen atoms in total. The van der Waals surface area contributed by atoms with Crippen LogP contribution in [0.1, 0.15) is 12.1 Å². The monoisotopic (exact) mass is 364 g/mol. The van der Waals surface area contributed by atoms with Crippen molar-refractivity contribution in [1.82, 2.24) is 15.2 Å². The fourth-order valence-electron chi connectivity index (χ4n) is 3.32. The third-order valence-electron chi connectivity index (χ3n) is 4.52. The second kappa shape index (κ2) is 5.87. The Morgan fingerprint density at radius 2 is 2.04 bits per heavy atom. The molecule has 1 atom stereocenters. The number of β-amino-alcohol motifs (C(OH)–C–C–N with tert-alkyl or cyclic N) is 1. The highest BCUT2D eigenvalue weighted by Gasteiger charge is 2.39. The smallest absolute Gasteiger partial charge is 0.406 e. The van der Waals surface area contributed by atoms with Gasteiger partial charge in [-0.15, -0.1) is 13.2 Å². The largest absolute Gasteiger partial charge is 0.573 e. The predicted octanol–water partition coefficient (Wildman–Crippen LogP) is 2.95. The van der Waals surface area contributed by atoms with Gasteiger partial charge < -0.3 is 14.7 Å². The van der Waals surface area contributed by atoms with Gasteiger partial charge in [-0.05, 0) is 24.3 Å². The molecule has 0 saturated carbocycles. The highest BCUT2D eigenvalue weighted by Crippen LogP contribution is 2.37. The Labute approximate surface area is 146 Å². The number of halogens is 3. The maximum atomic E-state index is 12.4. The van der Waals surface area contributed by atoms with Crippen LogP contribution in [-0.4, -0.2) is 39.7 Å². The van der Waals surface area contributed by atoms with Crippen LogP contribution in [0.15, 0.2) is 42.7 Å². The van der Waals surface area contributed by atoms with Crippen LogP contribution in [0, 0.1) is 0 Å². The molecule has 0 aliphatic carbocycles. The summed E-state index contributed by atoms with van der Waals surface area (Å²) in [7, 11) is 0. The zero-order valence-corrected chi connectivity index (χ0v) is 13.5. The average Bonchev–Trinajstić information content (AvgIpc) is 3.23. The molecule has 1 fully saturated rings. The number of rotatable bonds is 3. The molecule has 2 N–H and O–H groups in total. The van der Waals surface area contributed by atoms with E-state index in [1.807, 2.05) is 4.90 Å². The summed E-state index contributed by atoms with van der Waals surface area (Å²) >= 11 is 0. The first kappa shape index (κ1) is 16.6. The fourth-order valence-corrected chi connectivity index (χ4v) is 3.32. The Balaban J connectivity index is 1.65. The van der Waals surface area contributed by atoms with Gasteiger partial charge in [-0.25, -0.2) is 0 Å². The van der Waals surface area contributed by atoms with Crippen molar-refractivity contribution in [2.45, 2.75) is 18.4 Å². The van der Waals surface area contributed by atoms with E-state index in [4.69, 9.17) is 0 Å². The predicted molar refractivity (Wildman–Crippen MR) is 87.7 cm³/mol. The highest BCUT2D eigenvalue weighted by atomic mass is 19.4. The first-order valence-electron chi connectivity index (χ1n) is 7.96. The molecule has 0 amide bonds. The molecular weight excluding hydrogens is 349 g/mol. The minimum atomic E-state index is -4.75. The number of aromatic amines is 1. The molecule has 26 heavy (non-hydrogen) atoms. The highest BCUT2D eigenvalue weighted by molar-refractivity contribution is 5.92. The summed E-state index contributed by atoms with van der Waals surface area (Å²) in [6.45, 7) is 0.935. The molecule has 0 bridgehead atoms. The first-order chi connectivity index (χ1) is 12.3. The van der Waals surface area contributed by atoms with Gasteiger partial charge in [-0.2, -0.15) is 5.10 Å². The Hall–Kier alpha value is -2.81. The standard InChI is InChI=1S/C17H15F3N4O2/c18-17(19,20)26-11-1-2-12-13(9-11)21-6-3-14(12)24-8-5-16(25,10-24)15-4-7-22-23-15/h1-4,6-7,9,25H,5,8,10H2,(H,22,23). The summed E-state index contributed by atoms with van der Waals surface area (Å²) in [5, 5.41) is 18.2. The van der Waals surface area contributed by atoms with Crippen molar-refractivity contribution in [3.05, 3.63) is 48.4 Å². The third-order valence-corrected chi connectivity index (χ3v) is 4.52. The second-order valence-electron chi connectivity index (χ2n) is 6.23. The molecule has 1 aromatic carbocycles. The van der Waals surface area contributed by atoms with Gasteiger partial charge in [0.15, 0.2) is 0 Å². The lowest BCUT2D eigenvalue weighted by Gasteiger charge is -2.24. The van der Waals surface area contributed by atoms with Crippen molar-refractivity contribution in [2.24, 2.45) is 0 Å². The quantitative estimate of drug-likeness (QED) is 0.748. The molecular formula is C17H15F3N4O2. The van der Waals surface area contributed by atoms with Crippen molar-refractivity contribution in [3.8, 4) is 5.75 Å². The SMILES string of the molecule is OC1(c2ccn[nH]2)CCN(c2ccnc3cc(OC(F)(F)F)ccc23)C1. The van der Waals surface area contributed by atoms with Gasteiger partial charge in [0.05, 0.1) is 17.8 Å². The minimum absolute atomic E-state index is 0.315. The molecule has 0 spiro atoms. The van der Waals surface area contributed by atoms with E-state index in [1.54, 1.807) is 24.4 Å². The van der Waals surface area contributed by atoms with Crippen molar-refractivity contribution in [2.75, 3.05) is 18.0 Å². The van der Waals surface area contributed by atoms with E-state index in [9.17, 15) is 18.3 Å². The van der Waals surface area contributed by atoms with E-state index in [2.05, 4.69) is 19.9 Å². The Morgan fingerprint density at radius 1 is 1.19 bits per heavy atom. The molecule has 1 unspecified atom stereocenters. The number of aromatic nitrogens is 3. The number of hydrogen-bond acceptors (Lipinski definition) is 5. The Morgan fingerprint density at radius 3 is 2.77 bits per heavy atom. The molecule has 136 valence electrons. The first-order valence-corrected chi connectivity index (χ1v) is 7.96. The van der Waals surface area contributed by atoms with Crippen LogP contribution < -0.4 is 9.64 Å². The normalized spacial score (nSPS) is 20.7. The van der Waals surface area contributed by atoms with Gasteiger partial charge in [-0.3, -0.25) is 10.1 Å². The Bertz CT molecular complexity index is 929. The van der Waals surface area contributed by atoms with Crippen LogP contribution in [-0.2, 0) is 5.60 Å². The zero-order chi connectivity index (χ0) is 18.4. The van der Waals surface area contributed by atoms with E-state index in [1.165, 1.54) is 18.3 Å². The van der Waals surface area contributed by atoms with Crippen molar-refractivity contribution in [3.63, 3.8) is 0 Å². The lowest BCUT2D eigenvalue weighted by Crippen LogP contribution is -2.31. The van der Waals surface area contributed by atoms with Crippen LogP contribution in [0.3, 0.4) is 0 Å². The number of hydrogen-bond donors (Lipinski definition) is 2. The number of nitrogens with zero attached hydrogens (tertiary/aromatic N) is 3. The van der Waals surface area contributed by atoms with Gasteiger partial charge >= 0.3 is 6.36 Å². The van der Waals surface area contributed by atoms with Crippen LogP contribution in [0.4, 0.5) is 18.9 Å². The van der Waals surface area contributed by atoms with E-state index in [0.717, 1.165) is 5.69 Å². The summed E-state index contributed by atoms with van der Waals surface area (Å²) in [6, 6.07) is 7.58. The number of ether oxygens (including phenoxy) is 1. The summed E-state index contributed by atoms with van der Waals surface area (Å²) < 4.78 is 41.2. The van der Waals surface area contributed by atoms with Crippen molar-refractivity contribution in [1.29, 1.82) is 0 Å². The van der Waals surface area contributed by atoms with Crippen molar-refractivity contribution < 1.29 is 23.0 Å². The number of nitrogens with one attached hydrogen (secondary N) is 1. The molecule has 1 aliphatic rings. The summed E-state index contributed by atoms with van der Waals surface area (Å²) in [4.78, 5) is 6.12. The molecule has 3 aromatic rings. The van der Waals surface area contributed by atoms with Crippen LogP contribution in [0.25, 0.3) is 10.9 Å². The lowest BCUT2D eigenvalue weighted by molar-refractivity contribution is -0.274. The number of pyridine rings is 1. The molecule has 0 radical (unpaired) electrons. The number of benzene rings is 1. The van der Waals surface area contributed by atoms with Gasteiger partial charge in [0.25, 0.3) is 0 Å². The zero-order valence-electron chi connectivity index (χ0n) is 13.5. The van der Waals surface area contributed by atoms with Crippen LogP contribution in [0.5, 0.6) is 5.75 Å². The molecule has 1 aliphatic heterocycles. The third kappa shape index (κ3) is 3.05. The van der Waals surface area contributed by atoms with Gasteiger partial charge in [-0.1, -0.05) is 0 Å². The lowest BCUT2D eigenvalue weighted by atomic mass is 9.99. The average molecular weight is 364 g/mol. The Kier molecular flexibility index (Phi) is 3.76. The van der Waals surface area contributed by atoms with Gasteiger partial charge in [0.1, 0.15) is 11.4 Å². The van der Waals surface area contributed by atoms with Gasteiger partial charge in [0.2, 0.25) is 0 Å². The van der Waals surface area contributed by atoms with E-state index < -0.39 is 12.0 Å². The fraction of sp³-hybridized carbons (Fsp3) is 0.294. The van der Waals surface area contributed by atoms with E-state index >= 15 is 0 Å². The maximum absolute atomic E-state index is 12.4. The molecule has 2 aromatic heterocycles. The van der Waals surface area contributed by atoms with E-state index in [-0.39, 0.29) is 5.75 Å². The molecule has 1 saturated heterocycles. The summed E-state index contributed by atoms with van der Waals surface area (Å²) in [6.07, 6.45) is -1.13. The number of aliphatic hydroxyl groups is 1. The maximum Gasteiger partial charge on any atom is 0.573 e. The topological polar surface area (TPSA) is 74.3 Å². The summed E-state index contributed by atoms with van der Waals surface area (Å²) in [5.74, 6) is -0.315. The van der Waals surface area contributed by atoms with E-state index in [0.29, 0.717) is 36.1 Å². The molecule has 4 rings (SSSR count). The molecule has 3 heterocycles. The number of alkyl halides is 3.